The summed E-state index contributed by atoms with van der Waals surface area (Å²) in [5.74, 6) is -0.733. The first-order valence-corrected chi connectivity index (χ1v) is 6.10. The van der Waals surface area contributed by atoms with Crippen molar-refractivity contribution in [3.63, 3.8) is 0 Å². The average molecular weight is 267 g/mol. The van der Waals surface area contributed by atoms with E-state index in [0.717, 1.165) is 12.1 Å². The number of nitrogens with one attached hydrogen (secondary N) is 1. The number of nitrogens with zero attached hydrogens (tertiary/aromatic N) is 1. The number of rotatable bonds is 6. The van der Waals surface area contributed by atoms with Crippen LogP contribution in [0.15, 0.2) is 18.2 Å². The summed E-state index contributed by atoms with van der Waals surface area (Å²) in [6.07, 6.45) is 0.921. The monoisotopic (exact) mass is 266 g/mol. The van der Waals surface area contributed by atoms with Gasteiger partial charge in [0.25, 0.3) is 0 Å². The summed E-state index contributed by atoms with van der Waals surface area (Å²) in [5, 5.41) is 21.0. The lowest BCUT2D eigenvalue weighted by Gasteiger charge is -2.15. The van der Waals surface area contributed by atoms with E-state index in [2.05, 4.69) is 5.32 Å². The zero-order valence-electron chi connectivity index (χ0n) is 10.1. The lowest BCUT2D eigenvalue weighted by Crippen LogP contribution is -2.17. The summed E-state index contributed by atoms with van der Waals surface area (Å²) >= 11 is 6.01. The molecule has 0 fully saturated rings. The van der Waals surface area contributed by atoms with Gasteiger partial charge < -0.3 is 10.4 Å². The van der Waals surface area contributed by atoms with E-state index in [0.29, 0.717) is 17.1 Å². The molecule has 0 amide bonds. The number of hydrogen-bond donors (Lipinski definition) is 2. The Morgan fingerprint density at radius 2 is 2.33 bits per heavy atom. The summed E-state index contributed by atoms with van der Waals surface area (Å²) < 4.78 is 0. The molecule has 1 aromatic carbocycles. The molecule has 0 spiro atoms. The number of benzene rings is 1. The molecular formula is C13H15ClN2O2. The van der Waals surface area contributed by atoms with Crippen LogP contribution in [0.3, 0.4) is 0 Å². The highest BCUT2D eigenvalue weighted by atomic mass is 35.5. The number of carboxylic acid groups (broad SMARTS) is 1. The molecule has 0 heterocycles. The van der Waals surface area contributed by atoms with E-state index in [1.165, 1.54) is 0 Å². The van der Waals surface area contributed by atoms with E-state index in [1.807, 2.05) is 13.0 Å². The van der Waals surface area contributed by atoms with E-state index in [9.17, 15) is 4.79 Å². The predicted octanol–water partition coefficient (Wildman–Crippen LogP) is 3.12. The Hall–Kier alpha value is -1.73. The number of carboxylic acids is 1. The Morgan fingerprint density at radius 3 is 2.83 bits per heavy atom. The molecule has 0 saturated carbocycles. The van der Waals surface area contributed by atoms with Crippen LogP contribution in [0.25, 0.3) is 0 Å². The molecule has 0 aliphatic rings. The van der Waals surface area contributed by atoms with Crippen LogP contribution in [0, 0.1) is 17.2 Å². The van der Waals surface area contributed by atoms with E-state index in [-0.39, 0.29) is 12.3 Å². The molecular weight excluding hydrogens is 252 g/mol. The smallest absolute Gasteiger partial charge is 0.303 e. The number of aliphatic carboxylic acids is 1. The van der Waals surface area contributed by atoms with Crippen molar-refractivity contribution in [1.29, 1.82) is 5.26 Å². The highest BCUT2D eigenvalue weighted by molar-refractivity contribution is 6.33. The topological polar surface area (TPSA) is 73.1 Å². The molecule has 0 bridgehead atoms. The second kappa shape index (κ2) is 6.87. The Balaban J connectivity index is 2.62. The van der Waals surface area contributed by atoms with E-state index < -0.39 is 5.97 Å². The molecule has 2 N–H and O–H groups in total. The summed E-state index contributed by atoms with van der Waals surface area (Å²) in [4.78, 5) is 10.6. The minimum atomic E-state index is -0.797. The van der Waals surface area contributed by atoms with Crippen molar-refractivity contribution in [1.82, 2.24) is 0 Å². The van der Waals surface area contributed by atoms with Gasteiger partial charge in [-0.15, -0.1) is 0 Å². The van der Waals surface area contributed by atoms with E-state index in [1.54, 1.807) is 18.2 Å². The highest BCUT2D eigenvalue weighted by Crippen LogP contribution is 2.23. The zero-order valence-corrected chi connectivity index (χ0v) is 10.9. The van der Waals surface area contributed by atoms with Gasteiger partial charge in [0.2, 0.25) is 0 Å². The Bertz CT molecular complexity index is 469. The van der Waals surface area contributed by atoms with Crippen LogP contribution in [0.4, 0.5) is 5.69 Å². The summed E-state index contributed by atoms with van der Waals surface area (Å²) in [5.41, 5.74) is 1.22. The maximum atomic E-state index is 10.6. The molecule has 0 saturated heterocycles. The third kappa shape index (κ3) is 4.27. The number of anilines is 1. The molecule has 0 aliphatic heterocycles. The fourth-order valence-corrected chi connectivity index (χ4v) is 1.84. The van der Waals surface area contributed by atoms with Crippen molar-refractivity contribution < 1.29 is 9.90 Å². The van der Waals surface area contributed by atoms with Gasteiger partial charge in [-0.05, 0) is 24.1 Å². The Morgan fingerprint density at radius 1 is 1.61 bits per heavy atom. The fourth-order valence-electron chi connectivity index (χ4n) is 1.59. The number of carbonyl (C=O) groups is 1. The molecule has 5 heteroatoms. The van der Waals surface area contributed by atoms with Crippen LogP contribution in [0.5, 0.6) is 0 Å². The predicted molar refractivity (Wildman–Crippen MR) is 70.7 cm³/mol. The van der Waals surface area contributed by atoms with Gasteiger partial charge in [-0.25, -0.2) is 0 Å². The molecule has 0 aliphatic carbocycles. The van der Waals surface area contributed by atoms with E-state index in [4.69, 9.17) is 22.0 Å². The van der Waals surface area contributed by atoms with E-state index >= 15 is 0 Å². The summed E-state index contributed by atoms with van der Waals surface area (Å²) in [7, 11) is 0. The lowest BCUT2D eigenvalue weighted by atomic mass is 10.0. The molecule has 4 nitrogen and oxygen atoms in total. The van der Waals surface area contributed by atoms with Gasteiger partial charge in [0.05, 0.1) is 22.3 Å². The van der Waals surface area contributed by atoms with Crippen molar-refractivity contribution in [2.24, 2.45) is 5.92 Å². The van der Waals surface area contributed by atoms with Gasteiger partial charge in [0.1, 0.15) is 0 Å². The first kappa shape index (κ1) is 14.3. The number of nitriles is 1. The third-order valence-electron chi connectivity index (χ3n) is 2.72. The number of hydrogen-bond acceptors (Lipinski definition) is 3. The Kier molecular flexibility index (Phi) is 5.47. The summed E-state index contributed by atoms with van der Waals surface area (Å²) in [6, 6.07) is 7.00. The molecule has 18 heavy (non-hydrogen) atoms. The summed E-state index contributed by atoms with van der Waals surface area (Å²) in [6.45, 7) is 2.50. The first-order chi connectivity index (χ1) is 8.56. The van der Waals surface area contributed by atoms with Crippen LogP contribution in [0.1, 0.15) is 25.3 Å². The zero-order chi connectivity index (χ0) is 13.5. The van der Waals surface area contributed by atoms with Crippen molar-refractivity contribution in [2.45, 2.75) is 19.8 Å². The molecule has 0 radical (unpaired) electrons. The largest absolute Gasteiger partial charge is 0.481 e. The minimum Gasteiger partial charge on any atom is -0.481 e. The molecule has 1 atom stereocenters. The van der Waals surface area contributed by atoms with Crippen molar-refractivity contribution in [3.05, 3.63) is 28.8 Å². The second-order valence-electron chi connectivity index (χ2n) is 4.06. The maximum absolute atomic E-state index is 10.6. The highest BCUT2D eigenvalue weighted by Gasteiger charge is 2.11. The van der Waals surface area contributed by atoms with Crippen LogP contribution >= 0.6 is 11.6 Å². The van der Waals surface area contributed by atoms with Gasteiger partial charge in [0.15, 0.2) is 0 Å². The van der Waals surface area contributed by atoms with Gasteiger partial charge in [-0.3, -0.25) is 4.79 Å². The molecule has 96 valence electrons. The second-order valence-corrected chi connectivity index (χ2v) is 4.47. The van der Waals surface area contributed by atoms with Crippen LogP contribution in [-0.2, 0) is 4.79 Å². The van der Waals surface area contributed by atoms with Crippen molar-refractivity contribution in [2.75, 3.05) is 11.9 Å². The van der Waals surface area contributed by atoms with Gasteiger partial charge in [-0.2, -0.15) is 5.26 Å². The van der Waals surface area contributed by atoms with Crippen LogP contribution in [-0.4, -0.2) is 17.6 Å². The number of halogens is 1. The average Bonchev–Trinajstić information content (AvgIpc) is 2.35. The molecule has 0 aromatic heterocycles. The molecule has 1 unspecified atom stereocenters. The first-order valence-electron chi connectivity index (χ1n) is 5.72. The minimum absolute atomic E-state index is 0.0641. The lowest BCUT2D eigenvalue weighted by molar-refractivity contribution is -0.138. The van der Waals surface area contributed by atoms with Crippen molar-refractivity contribution >= 4 is 23.3 Å². The standard InChI is InChI=1S/C13H15ClN2O2/c1-2-9(6-13(17)18)8-16-12-4-3-10(7-15)5-11(12)14/h3-5,9,16H,2,6,8H2,1H3,(H,17,18). The Labute approximate surface area is 111 Å². The van der Waals surface area contributed by atoms with Gasteiger partial charge >= 0.3 is 5.97 Å². The SMILES string of the molecule is CCC(CNc1ccc(C#N)cc1Cl)CC(=O)O. The molecule has 1 rings (SSSR count). The molecule has 1 aromatic rings. The fraction of sp³-hybridized carbons (Fsp3) is 0.385. The third-order valence-corrected chi connectivity index (χ3v) is 3.03. The quantitative estimate of drug-likeness (QED) is 0.830. The van der Waals surface area contributed by atoms with Crippen LogP contribution in [0.2, 0.25) is 5.02 Å². The van der Waals surface area contributed by atoms with Gasteiger partial charge in [-0.1, -0.05) is 24.9 Å². The van der Waals surface area contributed by atoms with Gasteiger partial charge in [0, 0.05) is 13.0 Å². The van der Waals surface area contributed by atoms with Crippen molar-refractivity contribution in [3.8, 4) is 6.07 Å². The maximum Gasteiger partial charge on any atom is 0.303 e. The normalized spacial score (nSPS) is 11.6. The van der Waals surface area contributed by atoms with Crippen LogP contribution < -0.4 is 5.32 Å².